The zero-order valence-corrected chi connectivity index (χ0v) is 17.5. The van der Waals surface area contributed by atoms with Crippen LogP contribution in [0.2, 0.25) is 0 Å². The van der Waals surface area contributed by atoms with Gasteiger partial charge >= 0.3 is 11.9 Å². The van der Waals surface area contributed by atoms with E-state index < -0.39 is 30.5 Å². The minimum absolute atomic E-state index is 0.109. The normalized spacial score (nSPS) is 12.9. The number of nitrogens with zero attached hydrogens (tertiary/aromatic N) is 1. The van der Waals surface area contributed by atoms with Crippen LogP contribution >= 0.6 is 0 Å². The lowest BCUT2D eigenvalue weighted by atomic mass is 9.99. The number of carbonyl (C=O) groups excluding carboxylic acids is 3. The summed E-state index contributed by atoms with van der Waals surface area (Å²) in [5.74, 6) is -1.02. The van der Waals surface area contributed by atoms with Gasteiger partial charge in [0.2, 0.25) is 0 Å². The van der Waals surface area contributed by atoms with Crippen LogP contribution in [0.15, 0.2) is 28.9 Å². The van der Waals surface area contributed by atoms with Gasteiger partial charge < -0.3 is 23.8 Å². The van der Waals surface area contributed by atoms with Gasteiger partial charge in [0.1, 0.15) is 11.8 Å². The summed E-state index contributed by atoms with van der Waals surface area (Å²) in [6.45, 7) is 7.45. The summed E-state index contributed by atoms with van der Waals surface area (Å²) in [7, 11) is 1.27. The Morgan fingerprint density at radius 2 is 2.00 bits per heavy atom. The number of nitrogens with one attached hydrogen (secondary N) is 1. The highest BCUT2D eigenvalue weighted by molar-refractivity contribution is 5.93. The minimum Gasteiger partial charge on any atom is -0.467 e. The van der Waals surface area contributed by atoms with Crippen LogP contribution in [0.1, 0.15) is 47.8 Å². The smallest absolute Gasteiger partial charge is 0.340 e. The summed E-state index contributed by atoms with van der Waals surface area (Å²) >= 11 is 0. The van der Waals surface area contributed by atoms with E-state index in [-0.39, 0.29) is 5.92 Å². The Morgan fingerprint density at radius 1 is 1.28 bits per heavy atom. The van der Waals surface area contributed by atoms with E-state index in [0.29, 0.717) is 18.5 Å². The standard InChI is InChI=1S/C21H28N2O6/c1-6-13(2)19(21(26)27-5)22-18(24)12-29-20(25)17-10-14(3)23(15(17)4)11-16-8-7-9-28-16/h7-10,13,19H,6,11-12H2,1-5H3,(H,22,24)/t13-,19+/m1/s1. The Balaban J connectivity index is 2.00. The zero-order chi connectivity index (χ0) is 21.6. The van der Waals surface area contributed by atoms with E-state index in [4.69, 9.17) is 13.9 Å². The van der Waals surface area contributed by atoms with Crippen molar-refractivity contribution in [1.82, 2.24) is 9.88 Å². The number of hydrogen-bond acceptors (Lipinski definition) is 6. The number of aryl methyl sites for hydroxylation is 1. The van der Waals surface area contributed by atoms with Gasteiger partial charge in [-0.15, -0.1) is 0 Å². The Kier molecular flexibility index (Phi) is 7.64. The molecule has 0 aromatic carbocycles. The number of amides is 1. The molecule has 0 aliphatic rings. The molecule has 0 saturated heterocycles. The van der Waals surface area contributed by atoms with Gasteiger partial charge in [-0.1, -0.05) is 20.3 Å². The van der Waals surface area contributed by atoms with Crippen LogP contribution in [0.3, 0.4) is 0 Å². The van der Waals surface area contributed by atoms with Crippen molar-refractivity contribution in [2.45, 2.75) is 46.7 Å². The number of methoxy groups -OCH3 is 1. The van der Waals surface area contributed by atoms with Crippen LogP contribution in [0.25, 0.3) is 0 Å². The molecule has 2 rings (SSSR count). The quantitative estimate of drug-likeness (QED) is 0.645. The van der Waals surface area contributed by atoms with E-state index in [2.05, 4.69) is 5.32 Å². The molecule has 0 radical (unpaired) electrons. The van der Waals surface area contributed by atoms with Crippen LogP contribution < -0.4 is 5.32 Å². The fourth-order valence-electron chi connectivity index (χ4n) is 3.03. The summed E-state index contributed by atoms with van der Waals surface area (Å²) in [4.78, 5) is 36.5. The topological polar surface area (TPSA) is 99.8 Å². The van der Waals surface area contributed by atoms with Gasteiger partial charge in [0, 0.05) is 11.4 Å². The zero-order valence-electron chi connectivity index (χ0n) is 17.5. The Bertz CT molecular complexity index is 853. The summed E-state index contributed by atoms with van der Waals surface area (Å²) in [6.07, 6.45) is 2.28. The third-order valence-electron chi connectivity index (χ3n) is 5.01. The van der Waals surface area contributed by atoms with Crippen molar-refractivity contribution in [3.8, 4) is 0 Å². The molecule has 0 saturated carbocycles. The number of esters is 2. The van der Waals surface area contributed by atoms with E-state index in [0.717, 1.165) is 17.1 Å². The number of hydrogen-bond donors (Lipinski definition) is 1. The van der Waals surface area contributed by atoms with Crippen LogP contribution in [0.4, 0.5) is 0 Å². The van der Waals surface area contributed by atoms with Gasteiger partial charge in [-0.25, -0.2) is 9.59 Å². The lowest BCUT2D eigenvalue weighted by Gasteiger charge is -2.21. The lowest BCUT2D eigenvalue weighted by Crippen LogP contribution is -2.47. The molecule has 29 heavy (non-hydrogen) atoms. The molecule has 1 amide bonds. The molecule has 0 spiro atoms. The first-order valence-corrected chi connectivity index (χ1v) is 9.51. The second kappa shape index (κ2) is 9.95. The average Bonchev–Trinajstić information content (AvgIpc) is 3.32. The summed E-state index contributed by atoms with van der Waals surface area (Å²) in [5.41, 5.74) is 1.97. The highest BCUT2D eigenvalue weighted by atomic mass is 16.5. The molecule has 8 nitrogen and oxygen atoms in total. The van der Waals surface area contributed by atoms with Crippen LogP contribution in [-0.2, 0) is 25.6 Å². The maximum absolute atomic E-state index is 12.5. The van der Waals surface area contributed by atoms with Gasteiger partial charge in [0.25, 0.3) is 5.91 Å². The maximum Gasteiger partial charge on any atom is 0.340 e. The number of carbonyl (C=O) groups is 3. The first kappa shape index (κ1) is 22.3. The van der Waals surface area contributed by atoms with Crippen molar-refractivity contribution in [2.75, 3.05) is 13.7 Å². The SMILES string of the molecule is CC[C@@H](C)[C@H](NC(=O)COC(=O)c1cc(C)n(Cc2ccco2)c1C)C(=O)OC. The maximum atomic E-state index is 12.5. The van der Waals surface area contributed by atoms with Gasteiger partial charge in [0.05, 0.1) is 25.5 Å². The average molecular weight is 404 g/mol. The molecule has 2 aromatic rings. The predicted molar refractivity (Wildman–Crippen MR) is 105 cm³/mol. The first-order valence-electron chi connectivity index (χ1n) is 9.51. The van der Waals surface area contributed by atoms with Crippen LogP contribution in [0, 0.1) is 19.8 Å². The van der Waals surface area contributed by atoms with Crippen molar-refractivity contribution in [3.63, 3.8) is 0 Å². The van der Waals surface area contributed by atoms with Crippen molar-refractivity contribution in [3.05, 3.63) is 47.2 Å². The molecule has 1 N–H and O–H groups in total. The van der Waals surface area contributed by atoms with Crippen molar-refractivity contribution in [2.24, 2.45) is 5.92 Å². The highest BCUT2D eigenvalue weighted by Gasteiger charge is 2.27. The summed E-state index contributed by atoms with van der Waals surface area (Å²) in [6, 6.07) is 4.60. The molecule has 0 aliphatic heterocycles. The molecular formula is C21H28N2O6. The summed E-state index contributed by atoms with van der Waals surface area (Å²) < 4.78 is 17.2. The molecule has 158 valence electrons. The second-order valence-electron chi connectivity index (χ2n) is 6.98. The molecule has 2 aromatic heterocycles. The number of rotatable bonds is 9. The molecule has 0 aliphatic carbocycles. The predicted octanol–water partition coefficient (Wildman–Crippen LogP) is 2.61. The number of ether oxygens (including phenoxy) is 2. The van der Waals surface area contributed by atoms with Crippen molar-refractivity contribution < 1.29 is 28.3 Å². The van der Waals surface area contributed by atoms with E-state index in [1.165, 1.54) is 7.11 Å². The molecule has 2 heterocycles. The fraction of sp³-hybridized carbons (Fsp3) is 0.476. The third-order valence-corrected chi connectivity index (χ3v) is 5.01. The largest absolute Gasteiger partial charge is 0.467 e. The van der Waals surface area contributed by atoms with Gasteiger partial charge in [-0.2, -0.15) is 0 Å². The van der Waals surface area contributed by atoms with Crippen LogP contribution in [0.5, 0.6) is 0 Å². The van der Waals surface area contributed by atoms with E-state index >= 15 is 0 Å². The molecular weight excluding hydrogens is 376 g/mol. The third kappa shape index (κ3) is 5.49. The van der Waals surface area contributed by atoms with Crippen molar-refractivity contribution in [1.29, 1.82) is 0 Å². The molecule has 8 heteroatoms. The molecule has 0 fully saturated rings. The Morgan fingerprint density at radius 3 is 2.59 bits per heavy atom. The number of aromatic nitrogens is 1. The number of furan rings is 1. The second-order valence-corrected chi connectivity index (χ2v) is 6.98. The van der Waals surface area contributed by atoms with Crippen LogP contribution in [-0.4, -0.2) is 42.2 Å². The van der Waals surface area contributed by atoms with Gasteiger partial charge in [-0.3, -0.25) is 4.79 Å². The van der Waals surface area contributed by atoms with E-state index in [1.807, 2.05) is 38.3 Å². The summed E-state index contributed by atoms with van der Waals surface area (Å²) in [5, 5.41) is 2.58. The molecule has 0 bridgehead atoms. The Labute approximate surface area is 170 Å². The fourth-order valence-corrected chi connectivity index (χ4v) is 3.03. The van der Waals surface area contributed by atoms with Gasteiger partial charge in [-0.05, 0) is 38.0 Å². The van der Waals surface area contributed by atoms with Crippen molar-refractivity contribution >= 4 is 17.8 Å². The van der Waals surface area contributed by atoms with E-state index in [1.54, 1.807) is 18.4 Å². The Hall–Kier alpha value is -3.03. The lowest BCUT2D eigenvalue weighted by molar-refractivity contribution is -0.147. The van der Waals surface area contributed by atoms with E-state index in [9.17, 15) is 14.4 Å². The highest BCUT2D eigenvalue weighted by Crippen LogP contribution is 2.18. The first-order chi connectivity index (χ1) is 13.8. The molecule has 2 atom stereocenters. The van der Waals surface area contributed by atoms with Gasteiger partial charge in [0.15, 0.2) is 6.61 Å². The monoisotopic (exact) mass is 404 g/mol. The minimum atomic E-state index is -0.783. The molecule has 0 unspecified atom stereocenters.